The summed E-state index contributed by atoms with van der Waals surface area (Å²) in [4.78, 5) is 0. The van der Waals surface area contributed by atoms with Crippen molar-refractivity contribution in [2.75, 3.05) is 0 Å². The molecule has 1 atom stereocenters. The second-order valence-electron chi connectivity index (χ2n) is 11.1. The fourth-order valence-electron chi connectivity index (χ4n) is 6.56. The summed E-state index contributed by atoms with van der Waals surface area (Å²) in [5.41, 5.74) is 16.7. The molecule has 7 rings (SSSR count). The molecule has 5 aromatic rings. The van der Waals surface area contributed by atoms with Gasteiger partial charge in [-0.15, -0.1) is 0 Å². The molecule has 0 heteroatoms. The molecule has 0 aliphatic heterocycles. The predicted octanol–water partition coefficient (Wildman–Crippen LogP) is 9.05. The van der Waals surface area contributed by atoms with E-state index < -0.39 is 0 Å². The zero-order chi connectivity index (χ0) is 24.4. The molecule has 0 radical (unpaired) electrons. The summed E-state index contributed by atoms with van der Waals surface area (Å²) in [6.45, 7) is 6.91. The minimum absolute atomic E-state index is 0.00334. The standard InChI is InChI=1S/C36H30/c1-23-12-14-24(15-13-23)35(27-17-16-26-20-25-8-4-5-9-29(25)32(26)21-27)28-18-19-31-30-10-6-7-11-33(30)36(2,3)34(31)22-28/h4-19,21-22,35H,20H2,1-3H3. The summed E-state index contributed by atoms with van der Waals surface area (Å²) in [5.74, 6) is 0.188. The quantitative estimate of drug-likeness (QED) is 0.230. The number of hydrogen-bond donors (Lipinski definition) is 0. The van der Waals surface area contributed by atoms with Gasteiger partial charge in [-0.05, 0) is 80.6 Å². The number of fused-ring (bicyclic) bond motifs is 6. The van der Waals surface area contributed by atoms with Gasteiger partial charge in [-0.2, -0.15) is 0 Å². The van der Waals surface area contributed by atoms with Gasteiger partial charge in [-0.1, -0.05) is 123 Å². The van der Waals surface area contributed by atoms with E-state index in [9.17, 15) is 0 Å². The molecule has 2 aliphatic rings. The minimum atomic E-state index is -0.00334. The molecular weight excluding hydrogens is 432 g/mol. The van der Waals surface area contributed by atoms with Crippen LogP contribution in [-0.4, -0.2) is 0 Å². The maximum atomic E-state index is 2.49. The molecule has 2 aliphatic carbocycles. The van der Waals surface area contributed by atoms with Gasteiger partial charge < -0.3 is 0 Å². The van der Waals surface area contributed by atoms with E-state index in [2.05, 4.69) is 130 Å². The van der Waals surface area contributed by atoms with Crippen LogP contribution in [0.15, 0.2) is 109 Å². The van der Waals surface area contributed by atoms with Gasteiger partial charge in [-0.3, -0.25) is 0 Å². The number of hydrogen-bond acceptors (Lipinski definition) is 0. The second-order valence-corrected chi connectivity index (χ2v) is 11.1. The van der Waals surface area contributed by atoms with Crippen molar-refractivity contribution < 1.29 is 0 Å². The molecule has 0 amide bonds. The Labute approximate surface area is 214 Å². The molecule has 5 aromatic carbocycles. The maximum absolute atomic E-state index is 2.49. The van der Waals surface area contributed by atoms with Crippen LogP contribution in [0.2, 0.25) is 0 Å². The molecule has 0 spiro atoms. The second kappa shape index (κ2) is 7.80. The Morgan fingerprint density at radius 1 is 0.528 bits per heavy atom. The van der Waals surface area contributed by atoms with E-state index in [-0.39, 0.29) is 11.3 Å². The fraction of sp³-hybridized carbons (Fsp3) is 0.167. The van der Waals surface area contributed by atoms with Crippen LogP contribution in [-0.2, 0) is 11.8 Å². The first kappa shape index (κ1) is 21.4. The topological polar surface area (TPSA) is 0 Å². The Morgan fingerprint density at radius 3 is 1.97 bits per heavy atom. The van der Waals surface area contributed by atoms with Gasteiger partial charge >= 0.3 is 0 Å². The zero-order valence-electron chi connectivity index (χ0n) is 21.2. The highest BCUT2D eigenvalue weighted by Crippen LogP contribution is 2.50. The van der Waals surface area contributed by atoms with Gasteiger partial charge in [0.15, 0.2) is 0 Å². The molecular formula is C36H30. The molecule has 1 unspecified atom stereocenters. The van der Waals surface area contributed by atoms with Gasteiger partial charge in [0.05, 0.1) is 0 Å². The molecule has 0 saturated heterocycles. The average molecular weight is 463 g/mol. The van der Waals surface area contributed by atoms with E-state index in [1.165, 1.54) is 66.8 Å². The Morgan fingerprint density at radius 2 is 1.14 bits per heavy atom. The van der Waals surface area contributed by atoms with Gasteiger partial charge in [0.1, 0.15) is 0 Å². The van der Waals surface area contributed by atoms with E-state index in [0.717, 1.165) is 6.42 Å². The van der Waals surface area contributed by atoms with E-state index in [1.54, 1.807) is 0 Å². The van der Waals surface area contributed by atoms with Crippen molar-refractivity contribution in [2.45, 2.75) is 38.5 Å². The Bertz CT molecular complexity index is 1630. The first-order chi connectivity index (χ1) is 17.5. The van der Waals surface area contributed by atoms with E-state index in [1.807, 2.05) is 0 Å². The SMILES string of the molecule is Cc1ccc(C(c2ccc3c(c2)-c2ccccc2C3)c2ccc3c(c2)C(C)(C)c2ccccc2-3)cc1. The third-order valence-electron chi connectivity index (χ3n) is 8.51. The number of benzene rings is 5. The molecule has 0 saturated carbocycles. The number of aryl methyl sites for hydroxylation is 1. The van der Waals surface area contributed by atoms with Crippen molar-refractivity contribution in [3.05, 3.63) is 154 Å². The number of rotatable bonds is 3. The molecule has 0 heterocycles. The van der Waals surface area contributed by atoms with E-state index in [0.29, 0.717) is 0 Å². The molecule has 36 heavy (non-hydrogen) atoms. The van der Waals surface area contributed by atoms with Crippen molar-refractivity contribution >= 4 is 0 Å². The monoisotopic (exact) mass is 462 g/mol. The highest BCUT2D eigenvalue weighted by Gasteiger charge is 2.36. The van der Waals surface area contributed by atoms with Crippen LogP contribution in [0.5, 0.6) is 0 Å². The summed E-state index contributed by atoms with van der Waals surface area (Å²) >= 11 is 0. The largest absolute Gasteiger partial charge is 0.0619 e. The van der Waals surface area contributed by atoms with Crippen molar-refractivity contribution in [1.29, 1.82) is 0 Å². The Balaban J connectivity index is 1.41. The van der Waals surface area contributed by atoms with Gasteiger partial charge in [-0.25, -0.2) is 0 Å². The van der Waals surface area contributed by atoms with Crippen LogP contribution in [0.1, 0.15) is 64.3 Å². The first-order valence-electron chi connectivity index (χ1n) is 13.0. The van der Waals surface area contributed by atoms with Crippen molar-refractivity contribution in [1.82, 2.24) is 0 Å². The van der Waals surface area contributed by atoms with Crippen molar-refractivity contribution in [3.8, 4) is 22.3 Å². The molecule has 0 fully saturated rings. The van der Waals surface area contributed by atoms with Gasteiger partial charge in [0, 0.05) is 11.3 Å². The summed E-state index contributed by atoms with van der Waals surface area (Å²) in [6, 6.07) is 41.3. The van der Waals surface area contributed by atoms with Crippen LogP contribution < -0.4 is 0 Å². The van der Waals surface area contributed by atoms with Crippen molar-refractivity contribution in [2.24, 2.45) is 0 Å². The molecule has 0 aromatic heterocycles. The summed E-state index contributed by atoms with van der Waals surface area (Å²) < 4.78 is 0. The summed E-state index contributed by atoms with van der Waals surface area (Å²) in [5, 5.41) is 0. The lowest BCUT2D eigenvalue weighted by Crippen LogP contribution is -2.15. The predicted molar refractivity (Wildman–Crippen MR) is 151 cm³/mol. The average Bonchev–Trinajstić information content (AvgIpc) is 3.38. The fourth-order valence-corrected chi connectivity index (χ4v) is 6.56. The molecule has 174 valence electrons. The summed E-state index contributed by atoms with van der Waals surface area (Å²) in [6.07, 6.45) is 1.03. The molecule has 0 N–H and O–H groups in total. The van der Waals surface area contributed by atoms with Crippen molar-refractivity contribution in [3.63, 3.8) is 0 Å². The van der Waals surface area contributed by atoms with Gasteiger partial charge in [0.2, 0.25) is 0 Å². The zero-order valence-corrected chi connectivity index (χ0v) is 21.2. The lowest BCUT2D eigenvalue weighted by atomic mass is 9.78. The Hall–Kier alpha value is -3.90. The van der Waals surface area contributed by atoms with Crippen LogP contribution in [0.4, 0.5) is 0 Å². The first-order valence-corrected chi connectivity index (χ1v) is 13.0. The molecule has 0 bridgehead atoms. The van der Waals surface area contributed by atoms with E-state index >= 15 is 0 Å². The maximum Gasteiger partial charge on any atom is 0.0340 e. The van der Waals surface area contributed by atoms with Crippen LogP contribution in [0.25, 0.3) is 22.3 Å². The lowest BCUT2D eigenvalue weighted by Gasteiger charge is -2.25. The lowest BCUT2D eigenvalue weighted by molar-refractivity contribution is 0.659. The van der Waals surface area contributed by atoms with Gasteiger partial charge in [0.25, 0.3) is 0 Å². The third-order valence-corrected chi connectivity index (χ3v) is 8.51. The highest BCUT2D eigenvalue weighted by molar-refractivity contribution is 5.81. The van der Waals surface area contributed by atoms with E-state index in [4.69, 9.17) is 0 Å². The molecule has 0 nitrogen and oxygen atoms in total. The van der Waals surface area contributed by atoms with Crippen LogP contribution in [0, 0.1) is 6.92 Å². The summed E-state index contributed by atoms with van der Waals surface area (Å²) in [7, 11) is 0. The normalized spacial score (nSPS) is 15.1. The smallest absolute Gasteiger partial charge is 0.0340 e. The Kier molecular flexibility index (Phi) is 4.63. The minimum Gasteiger partial charge on any atom is -0.0619 e. The highest BCUT2D eigenvalue weighted by atomic mass is 14.4. The van der Waals surface area contributed by atoms with Crippen LogP contribution >= 0.6 is 0 Å². The third kappa shape index (κ3) is 3.14. The van der Waals surface area contributed by atoms with Crippen LogP contribution in [0.3, 0.4) is 0 Å².